The summed E-state index contributed by atoms with van der Waals surface area (Å²) in [6.07, 6.45) is 4.43. The van der Waals surface area contributed by atoms with Crippen LogP contribution in [0.5, 0.6) is 0 Å². The molecule has 1 heterocycles. The van der Waals surface area contributed by atoms with Gasteiger partial charge in [0.1, 0.15) is 0 Å². The summed E-state index contributed by atoms with van der Waals surface area (Å²) in [5, 5.41) is 2.60. The normalized spacial score (nSPS) is 12.5. The van der Waals surface area contributed by atoms with Crippen LogP contribution in [-0.4, -0.2) is 0 Å². The van der Waals surface area contributed by atoms with E-state index in [-0.39, 0.29) is 0 Å². The SMILES string of the molecule is C/C(=C\C=C(/C)c1ccc(-c2ccc3cc(C)ccc3c2)s1)c1ccccc1. The van der Waals surface area contributed by atoms with Crippen LogP contribution in [0.3, 0.4) is 0 Å². The van der Waals surface area contributed by atoms with Crippen LogP contribution >= 0.6 is 11.3 Å². The number of thiophene rings is 1. The molecule has 0 bridgehead atoms. The standard InChI is InChI=1S/C27H24S/c1-19-9-12-24-18-25(14-13-23(24)17-19)27-16-15-26(28-27)21(3)11-10-20(2)22-7-5-4-6-8-22/h4-18H,1-3H3/b20-10+,21-11+. The lowest BCUT2D eigenvalue weighted by Crippen LogP contribution is -1.78. The van der Waals surface area contributed by atoms with E-state index in [9.17, 15) is 0 Å². The maximum atomic E-state index is 2.29. The summed E-state index contributed by atoms with van der Waals surface area (Å²) in [5.41, 5.74) is 6.43. The summed E-state index contributed by atoms with van der Waals surface area (Å²) >= 11 is 1.86. The predicted octanol–water partition coefficient (Wildman–Crippen LogP) is 8.38. The molecule has 0 aliphatic carbocycles. The Labute approximate surface area is 171 Å². The molecule has 4 rings (SSSR count). The molecule has 0 aliphatic rings. The van der Waals surface area contributed by atoms with Gasteiger partial charge in [-0.05, 0) is 72.0 Å². The Kier molecular flexibility index (Phi) is 5.27. The first-order valence-electron chi connectivity index (χ1n) is 9.62. The Morgan fingerprint density at radius 2 is 1.43 bits per heavy atom. The molecule has 28 heavy (non-hydrogen) atoms. The van der Waals surface area contributed by atoms with Crippen molar-refractivity contribution in [3.05, 3.63) is 107 Å². The van der Waals surface area contributed by atoms with Crippen molar-refractivity contribution in [1.29, 1.82) is 0 Å². The summed E-state index contributed by atoms with van der Waals surface area (Å²) in [7, 11) is 0. The molecule has 0 unspecified atom stereocenters. The van der Waals surface area contributed by atoms with Crippen LogP contribution in [0, 0.1) is 6.92 Å². The second-order valence-electron chi connectivity index (χ2n) is 7.29. The zero-order valence-corrected chi connectivity index (χ0v) is 17.4. The summed E-state index contributed by atoms with van der Waals surface area (Å²) in [5.74, 6) is 0. The van der Waals surface area contributed by atoms with Gasteiger partial charge in [0.2, 0.25) is 0 Å². The molecule has 0 N–H and O–H groups in total. The van der Waals surface area contributed by atoms with Crippen molar-refractivity contribution in [2.75, 3.05) is 0 Å². The third kappa shape index (κ3) is 4.00. The Morgan fingerprint density at radius 1 is 0.714 bits per heavy atom. The number of aryl methyl sites for hydroxylation is 1. The van der Waals surface area contributed by atoms with E-state index in [1.54, 1.807) is 0 Å². The average Bonchev–Trinajstić information content (AvgIpc) is 3.22. The number of hydrogen-bond acceptors (Lipinski definition) is 1. The molecular weight excluding hydrogens is 356 g/mol. The van der Waals surface area contributed by atoms with Crippen LogP contribution in [0.15, 0.2) is 91.0 Å². The molecule has 0 fully saturated rings. The van der Waals surface area contributed by atoms with Gasteiger partial charge in [0.05, 0.1) is 0 Å². The lowest BCUT2D eigenvalue weighted by molar-refractivity contribution is 1.51. The van der Waals surface area contributed by atoms with Crippen LogP contribution in [0.25, 0.3) is 32.4 Å². The van der Waals surface area contributed by atoms with Gasteiger partial charge in [-0.15, -0.1) is 11.3 Å². The second-order valence-corrected chi connectivity index (χ2v) is 8.38. The third-order valence-corrected chi connectivity index (χ3v) is 6.36. The van der Waals surface area contributed by atoms with E-state index in [0.717, 1.165) is 0 Å². The van der Waals surface area contributed by atoms with Crippen LogP contribution in [0.1, 0.15) is 29.9 Å². The Morgan fingerprint density at radius 3 is 2.25 bits per heavy atom. The van der Waals surface area contributed by atoms with Crippen molar-refractivity contribution < 1.29 is 0 Å². The van der Waals surface area contributed by atoms with E-state index in [1.807, 2.05) is 11.3 Å². The second kappa shape index (κ2) is 8.00. The van der Waals surface area contributed by atoms with Gasteiger partial charge in [-0.3, -0.25) is 0 Å². The highest BCUT2D eigenvalue weighted by atomic mass is 32.1. The number of rotatable bonds is 4. The van der Waals surface area contributed by atoms with Crippen molar-refractivity contribution in [1.82, 2.24) is 0 Å². The number of benzene rings is 3. The van der Waals surface area contributed by atoms with Crippen molar-refractivity contribution in [3.8, 4) is 10.4 Å². The van der Waals surface area contributed by atoms with E-state index in [0.29, 0.717) is 0 Å². The van der Waals surface area contributed by atoms with Gasteiger partial charge < -0.3 is 0 Å². The molecule has 4 aromatic rings. The Balaban J connectivity index is 1.59. The van der Waals surface area contributed by atoms with E-state index in [4.69, 9.17) is 0 Å². The van der Waals surface area contributed by atoms with E-state index in [2.05, 4.69) is 112 Å². The molecule has 0 spiro atoms. The van der Waals surface area contributed by atoms with E-state index >= 15 is 0 Å². The maximum Gasteiger partial charge on any atom is 0.0349 e. The topological polar surface area (TPSA) is 0 Å². The molecule has 138 valence electrons. The first-order valence-corrected chi connectivity index (χ1v) is 10.4. The number of hydrogen-bond donors (Lipinski definition) is 0. The quantitative estimate of drug-likeness (QED) is 0.312. The minimum atomic E-state index is 1.27. The van der Waals surface area contributed by atoms with Crippen molar-refractivity contribution >= 4 is 33.3 Å². The molecular formula is C27H24S. The minimum absolute atomic E-state index is 1.27. The van der Waals surface area contributed by atoms with E-state index in [1.165, 1.54) is 48.4 Å². The molecule has 0 saturated heterocycles. The molecule has 0 amide bonds. The molecule has 0 aliphatic heterocycles. The van der Waals surface area contributed by atoms with Crippen LogP contribution in [0.2, 0.25) is 0 Å². The Bertz CT molecular complexity index is 1170. The Hall–Kier alpha value is -2.90. The summed E-state index contributed by atoms with van der Waals surface area (Å²) in [6, 6.07) is 28.4. The lowest BCUT2D eigenvalue weighted by atomic mass is 10.0. The minimum Gasteiger partial charge on any atom is -0.136 e. The van der Waals surface area contributed by atoms with Gasteiger partial charge in [-0.2, -0.15) is 0 Å². The first kappa shape index (κ1) is 18.5. The highest BCUT2D eigenvalue weighted by molar-refractivity contribution is 7.16. The highest BCUT2D eigenvalue weighted by Gasteiger charge is 2.05. The summed E-state index contributed by atoms with van der Waals surface area (Å²) in [4.78, 5) is 2.63. The third-order valence-electron chi connectivity index (χ3n) is 5.09. The van der Waals surface area contributed by atoms with Gasteiger partial charge in [0.25, 0.3) is 0 Å². The monoisotopic (exact) mass is 380 g/mol. The predicted molar refractivity (Wildman–Crippen MR) is 126 cm³/mol. The van der Waals surface area contributed by atoms with Crippen molar-refractivity contribution in [3.63, 3.8) is 0 Å². The zero-order chi connectivity index (χ0) is 19.5. The zero-order valence-electron chi connectivity index (χ0n) is 16.6. The number of fused-ring (bicyclic) bond motifs is 1. The van der Waals surface area contributed by atoms with Gasteiger partial charge in [0.15, 0.2) is 0 Å². The van der Waals surface area contributed by atoms with Crippen LogP contribution in [-0.2, 0) is 0 Å². The fourth-order valence-corrected chi connectivity index (χ4v) is 4.34. The molecule has 0 radical (unpaired) electrons. The van der Waals surface area contributed by atoms with Gasteiger partial charge in [-0.25, -0.2) is 0 Å². The highest BCUT2D eigenvalue weighted by Crippen LogP contribution is 2.33. The molecule has 1 heteroatoms. The molecule has 1 aromatic heterocycles. The molecule has 0 saturated carbocycles. The van der Waals surface area contributed by atoms with Crippen molar-refractivity contribution in [2.24, 2.45) is 0 Å². The summed E-state index contributed by atoms with van der Waals surface area (Å²) < 4.78 is 0. The lowest BCUT2D eigenvalue weighted by Gasteiger charge is -2.03. The smallest absolute Gasteiger partial charge is 0.0349 e. The van der Waals surface area contributed by atoms with Gasteiger partial charge in [0, 0.05) is 9.75 Å². The average molecular weight is 381 g/mol. The van der Waals surface area contributed by atoms with Crippen molar-refractivity contribution in [2.45, 2.75) is 20.8 Å². The maximum absolute atomic E-state index is 2.29. The summed E-state index contributed by atoms with van der Waals surface area (Å²) in [6.45, 7) is 6.49. The van der Waals surface area contributed by atoms with Crippen LogP contribution < -0.4 is 0 Å². The first-order chi connectivity index (χ1) is 13.6. The molecule has 3 aromatic carbocycles. The molecule has 0 nitrogen and oxygen atoms in total. The van der Waals surface area contributed by atoms with Gasteiger partial charge in [-0.1, -0.05) is 78.4 Å². The number of allylic oxidation sites excluding steroid dienone is 4. The van der Waals surface area contributed by atoms with Crippen LogP contribution in [0.4, 0.5) is 0 Å². The fraction of sp³-hybridized carbons (Fsp3) is 0.111. The fourth-order valence-electron chi connectivity index (χ4n) is 3.35. The molecule has 0 atom stereocenters. The van der Waals surface area contributed by atoms with E-state index < -0.39 is 0 Å². The largest absolute Gasteiger partial charge is 0.136 e. The van der Waals surface area contributed by atoms with Gasteiger partial charge >= 0.3 is 0 Å².